The molecular weight excluding hydrogens is 335 g/mol. The number of benzene rings is 2. The van der Waals surface area contributed by atoms with Crippen molar-refractivity contribution < 1.29 is 18.7 Å². The number of aryl methyl sites for hydroxylation is 1. The average molecular weight is 352 g/mol. The highest BCUT2D eigenvalue weighted by molar-refractivity contribution is 5.98. The van der Waals surface area contributed by atoms with Crippen LogP contribution in [0.4, 0.5) is 4.39 Å². The molecule has 0 radical (unpaired) electrons. The molecule has 0 fully saturated rings. The van der Waals surface area contributed by atoms with Gasteiger partial charge in [0.25, 0.3) is 5.91 Å². The lowest BCUT2D eigenvalue weighted by atomic mass is 10.1. The number of amides is 1. The third-order valence-corrected chi connectivity index (χ3v) is 3.47. The van der Waals surface area contributed by atoms with E-state index < -0.39 is 18.5 Å². The third kappa shape index (κ3) is 5.87. The predicted octanol–water partition coefficient (Wildman–Crippen LogP) is 2.90. The summed E-state index contributed by atoms with van der Waals surface area (Å²) in [6.07, 6.45) is 1.40. The summed E-state index contributed by atoms with van der Waals surface area (Å²) in [5.74, 6) is -1.75. The van der Waals surface area contributed by atoms with E-state index in [0.29, 0.717) is 11.1 Å². The van der Waals surface area contributed by atoms with Crippen LogP contribution in [0.3, 0.4) is 0 Å². The summed E-state index contributed by atoms with van der Waals surface area (Å²) < 4.78 is 17.7. The predicted molar refractivity (Wildman–Crippen MR) is 94.0 cm³/mol. The zero-order chi connectivity index (χ0) is 18.9. The summed E-state index contributed by atoms with van der Waals surface area (Å²) in [6, 6.07) is 14.7. The molecule has 0 aliphatic heterocycles. The number of carbonyl (C=O) groups is 2. The molecule has 1 amide bonds. The van der Waals surface area contributed by atoms with Gasteiger partial charge in [0.1, 0.15) is 17.5 Å². The van der Waals surface area contributed by atoms with Crippen molar-refractivity contribution in [3.05, 3.63) is 76.6 Å². The highest BCUT2D eigenvalue weighted by atomic mass is 19.1. The lowest BCUT2D eigenvalue weighted by Crippen LogP contribution is -2.28. The Kier molecular flexibility index (Phi) is 6.63. The monoisotopic (exact) mass is 352 g/mol. The van der Waals surface area contributed by atoms with Crippen molar-refractivity contribution >= 4 is 18.0 Å². The molecule has 0 aliphatic carbocycles. The first kappa shape index (κ1) is 18.9. The number of halogens is 1. The van der Waals surface area contributed by atoms with Gasteiger partial charge in [0, 0.05) is 6.54 Å². The molecule has 0 aliphatic rings. The molecule has 2 aromatic carbocycles. The molecule has 26 heavy (non-hydrogen) atoms. The minimum absolute atomic E-state index is 0.182. The van der Waals surface area contributed by atoms with E-state index in [1.54, 1.807) is 30.3 Å². The van der Waals surface area contributed by atoms with Crippen molar-refractivity contribution in [2.24, 2.45) is 0 Å². The van der Waals surface area contributed by atoms with Crippen LogP contribution in [0, 0.1) is 24.1 Å². The Morgan fingerprint density at radius 1 is 1.15 bits per heavy atom. The summed E-state index contributed by atoms with van der Waals surface area (Å²) in [7, 11) is 0. The first-order valence-corrected chi connectivity index (χ1v) is 7.84. The molecule has 2 aromatic rings. The minimum Gasteiger partial charge on any atom is -0.451 e. The second-order valence-electron chi connectivity index (χ2n) is 5.56. The number of ether oxygens (including phenoxy) is 1. The average Bonchev–Trinajstić information content (AvgIpc) is 2.65. The van der Waals surface area contributed by atoms with Crippen LogP contribution in [0.1, 0.15) is 16.7 Å². The number of nitrogens with zero attached hydrogens (tertiary/aromatic N) is 1. The number of esters is 1. The molecule has 0 heterocycles. The Bertz CT molecular complexity index is 850. The van der Waals surface area contributed by atoms with Crippen molar-refractivity contribution in [3.63, 3.8) is 0 Å². The maximum atomic E-state index is 12.8. The van der Waals surface area contributed by atoms with Crippen LogP contribution in [0.5, 0.6) is 0 Å². The third-order valence-electron chi connectivity index (χ3n) is 3.47. The molecule has 5 nitrogen and oxygen atoms in total. The molecule has 1 N–H and O–H groups in total. The molecule has 0 unspecified atom stereocenters. The van der Waals surface area contributed by atoms with Gasteiger partial charge >= 0.3 is 5.97 Å². The van der Waals surface area contributed by atoms with Gasteiger partial charge in [0.15, 0.2) is 6.61 Å². The zero-order valence-corrected chi connectivity index (χ0v) is 14.2. The van der Waals surface area contributed by atoms with Gasteiger partial charge in [-0.25, -0.2) is 9.18 Å². The van der Waals surface area contributed by atoms with E-state index in [0.717, 1.165) is 5.56 Å². The Morgan fingerprint density at radius 3 is 2.42 bits per heavy atom. The van der Waals surface area contributed by atoms with Crippen molar-refractivity contribution in [1.29, 1.82) is 5.26 Å². The standard InChI is InChI=1S/C20H17FN2O3/c1-14-2-4-15(5-3-14)10-17(11-22)20(25)26-13-19(24)23-12-16-6-8-18(21)9-7-16/h2-10H,12-13H2,1H3,(H,23,24)/b17-10+. The van der Waals surface area contributed by atoms with Crippen LogP contribution in [-0.4, -0.2) is 18.5 Å². The van der Waals surface area contributed by atoms with Gasteiger partial charge in [-0.2, -0.15) is 5.26 Å². The van der Waals surface area contributed by atoms with E-state index >= 15 is 0 Å². The molecule has 0 aromatic heterocycles. The van der Waals surface area contributed by atoms with Crippen molar-refractivity contribution in [3.8, 4) is 6.07 Å². The lowest BCUT2D eigenvalue weighted by Gasteiger charge is -2.06. The number of nitriles is 1. The second kappa shape index (κ2) is 9.14. The SMILES string of the molecule is Cc1ccc(/C=C(\C#N)C(=O)OCC(=O)NCc2ccc(F)cc2)cc1. The van der Waals surface area contributed by atoms with Crippen LogP contribution in [0.25, 0.3) is 6.08 Å². The van der Waals surface area contributed by atoms with Crippen molar-refractivity contribution in [1.82, 2.24) is 5.32 Å². The van der Waals surface area contributed by atoms with E-state index in [9.17, 15) is 14.0 Å². The normalized spacial score (nSPS) is 10.7. The smallest absolute Gasteiger partial charge is 0.349 e. The fourth-order valence-electron chi connectivity index (χ4n) is 2.03. The molecule has 0 atom stereocenters. The fourth-order valence-corrected chi connectivity index (χ4v) is 2.03. The van der Waals surface area contributed by atoms with Crippen LogP contribution in [-0.2, 0) is 20.9 Å². The van der Waals surface area contributed by atoms with Gasteiger partial charge < -0.3 is 10.1 Å². The maximum absolute atomic E-state index is 12.8. The Balaban J connectivity index is 1.85. The summed E-state index contributed by atoms with van der Waals surface area (Å²) in [4.78, 5) is 23.7. The quantitative estimate of drug-likeness (QED) is 0.492. The topological polar surface area (TPSA) is 79.2 Å². The van der Waals surface area contributed by atoms with Gasteiger partial charge in [0.2, 0.25) is 0 Å². The molecule has 0 saturated carbocycles. The summed E-state index contributed by atoms with van der Waals surface area (Å²) in [5.41, 5.74) is 2.26. The zero-order valence-electron chi connectivity index (χ0n) is 14.2. The van der Waals surface area contributed by atoms with Gasteiger partial charge in [-0.3, -0.25) is 4.79 Å². The summed E-state index contributed by atoms with van der Waals surface area (Å²) in [6.45, 7) is 1.60. The summed E-state index contributed by atoms with van der Waals surface area (Å²) in [5, 5.41) is 11.6. The number of hydrogen-bond donors (Lipinski definition) is 1. The van der Waals surface area contributed by atoms with Crippen molar-refractivity contribution in [2.75, 3.05) is 6.61 Å². The largest absolute Gasteiger partial charge is 0.451 e. The highest BCUT2D eigenvalue weighted by Gasteiger charge is 2.13. The molecular formula is C20H17FN2O3. The minimum atomic E-state index is -0.870. The molecule has 6 heteroatoms. The second-order valence-corrected chi connectivity index (χ2v) is 5.56. The van der Waals surface area contributed by atoms with Crippen LogP contribution in [0.15, 0.2) is 54.1 Å². The van der Waals surface area contributed by atoms with Gasteiger partial charge in [-0.05, 0) is 36.3 Å². The van der Waals surface area contributed by atoms with E-state index in [1.165, 1.54) is 18.2 Å². The molecule has 0 spiro atoms. The number of carbonyl (C=O) groups excluding carboxylic acids is 2. The van der Waals surface area contributed by atoms with Crippen LogP contribution < -0.4 is 5.32 Å². The van der Waals surface area contributed by atoms with E-state index in [1.807, 2.05) is 19.1 Å². The number of hydrogen-bond acceptors (Lipinski definition) is 4. The van der Waals surface area contributed by atoms with Gasteiger partial charge in [0.05, 0.1) is 0 Å². The first-order valence-electron chi connectivity index (χ1n) is 7.84. The van der Waals surface area contributed by atoms with E-state index in [4.69, 9.17) is 10.00 Å². The van der Waals surface area contributed by atoms with E-state index in [-0.39, 0.29) is 17.9 Å². The maximum Gasteiger partial charge on any atom is 0.349 e. The highest BCUT2D eigenvalue weighted by Crippen LogP contribution is 2.09. The van der Waals surface area contributed by atoms with Crippen LogP contribution in [0.2, 0.25) is 0 Å². The van der Waals surface area contributed by atoms with Gasteiger partial charge in [-0.15, -0.1) is 0 Å². The van der Waals surface area contributed by atoms with E-state index in [2.05, 4.69) is 5.32 Å². The molecule has 0 bridgehead atoms. The number of nitrogens with one attached hydrogen (secondary N) is 1. The lowest BCUT2D eigenvalue weighted by molar-refractivity contribution is -0.144. The van der Waals surface area contributed by atoms with Crippen LogP contribution >= 0.6 is 0 Å². The Labute approximate surface area is 150 Å². The summed E-state index contributed by atoms with van der Waals surface area (Å²) >= 11 is 0. The molecule has 0 saturated heterocycles. The molecule has 2 rings (SSSR count). The first-order chi connectivity index (χ1) is 12.5. The molecule has 132 valence electrons. The van der Waals surface area contributed by atoms with Gasteiger partial charge in [-0.1, -0.05) is 42.0 Å². The fraction of sp³-hybridized carbons (Fsp3) is 0.150. The Hall–Kier alpha value is -3.46. The van der Waals surface area contributed by atoms with Crippen molar-refractivity contribution in [2.45, 2.75) is 13.5 Å². The Morgan fingerprint density at radius 2 is 1.81 bits per heavy atom. The number of rotatable bonds is 6.